The van der Waals surface area contributed by atoms with E-state index in [4.69, 9.17) is 10.6 Å². The topological polar surface area (TPSA) is 78.9 Å². The molecule has 7 heteroatoms. The van der Waals surface area contributed by atoms with Gasteiger partial charge < -0.3 is 10.6 Å². The number of pyridine rings is 1. The van der Waals surface area contributed by atoms with E-state index in [1.165, 1.54) is 16.4 Å². The maximum Gasteiger partial charge on any atom is 0.210 e. The maximum absolute atomic E-state index is 6.06. The summed E-state index contributed by atoms with van der Waals surface area (Å²) in [6.45, 7) is 0. The van der Waals surface area contributed by atoms with Gasteiger partial charge >= 0.3 is 0 Å². The lowest BCUT2D eigenvalue weighted by Crippen LogP contribution is -2.12. The van der Waals surface area contributed by atoms with Crippen molar-refractivity contribution in [3.05, 3.63) is 54.2 Å². The average molecular weight is 313 g/mol. The van der Waals surface area contributed by atoms with Crippen molar-refractivity contribution >= 4 is 11.8 Å². The van der Waals surface area contributed by atoms with E-state index >= 15 is 0 Å². The number of methoxy groups -OCH3 is 1. The zero-order valence-electron chi connectivity index (χ0n) is 12.0. The fraction of sp³-hybridized carbons (Fsp3) is 0.133. The summed E-state index contributed by atoms with van der Waals surface area (Å²) >= 11 is 1.52. The third kappa shape index (κ3) is 3.04. The van der Waals surface area contributed by atoms with E-state index in [0.29, 0.717) is 16.7 Å². The van der Waals surface area contributed by atoms with Crippen LogP contribution in [0.25, 0.3) is 11.5 Å². The van der Waals surface area contributed by atoms with Crippen LogP contribution in [0.2, 0.25) is 0 Å². The quantitative estimate of drug-likeness (QED) is 0.575. The van der Waals surface area contributed by atoms with Crippen molar-refractivity contribution in [2.45, 2.75) is 10.9 Å². The molecule has 2 aromatic heterocycles. The van der Waals surface area contributed by atoms with Crippen molar-refractivity contribution in [3.63, 3.8) is 0 Å². The Morgan fingerprint density at radius 3 is 2.86 bits per heavy atom. The Morgan fingerprint density at radius 1 is 1.18 bits per heavy atom. The van der Waals surface area contributed by atoms with Crippen LogP contribution in [0.5, 0.6) is 5.75 Å². The number of ether oxygens (including phenoxy) is 1. The lowest BCUT2D eigenvalue weighted by Gasteiger charge is -2.05. The SMILES string of the molecule is COc1cccc(CSc2nnc(-c3ccccn3)n2N)c1. The summed E-state index contributed by atoms with van der Waals surface area (Å²) in [5, 5.41) is 8.88. The van der Waals surface area contributed by atoms with Gasteiger partial charge in [-0.25, -0.2) is 4.68 Å². The second-order valence-corrected chi connectivity index (χ2v) is 5.47. The molecule has 0 bridgehead atoms. The van der Waals surface area contributed by atoms with Crippen LogP contribution in [0.4, 0.5) is 0 Å². The van der Waals surface area contributed by atoms with Gasteiger partial charge in [0, 0.05) is 11.9 Å². The maximum atomic E-state index is 6.06. The molecular weight excluding hydrogens is 298 g/mol. The van der Waals surface area contributed by atoms with Crippen LogP contribution in [-0.2, 0) is 5.75 Å². The molecule has 0 aliphatic rings. The van der Waals surface area contributed by atoms with E-state index in [0.717, 1.165) is 17.1 Å². The number of nitrogens with two attached hydrogens (primary N) is 1. The fourth-order valence-electron chi connectivity index (χ4n) is 1.96. The van der Waals surface area contributed by atoms with E-state index < -0.39 is 0 Å². The van der Waals surface area contributed by atoms with Gasteiger partial charge in [-0.15, -0.1) is 10.2 Å². The molecule has 2 N–H and O–H groups in total. The van der Waals surface area contributed by atoms with Gasteiger partial charge in [0.25, 0.3) is 0 Å². The largest absolute Gasteiger partial charge is 0.497 e. The molecule has 0 amide bonds. The number of nitrogens with zero attached hydrogens (tertiary/aromatic N) is 4. The zero-order valence-corrected chi connectivity index (χ0v) is 12.8. The molecule has 0 saturated carbocycles. The Kier molecular flexibility index (Phi) is 4.24. The predicted molar refractivity (Wildman–Crippen MR) is 86.0 cm³/mol. The van der Waals surface area contributed by atoms with Crippen LogP contribution < -0.4 is 10.6 Å². The molecule has 0 saturated heterocycles. The number of benzene rings is 1. The Hall–Kier alpha value is -2.54. The molecule has 6 nitrogen and oxygen atoms in total. The second kappa shape index (κ2) is 6.48. The standard InChI is InChI=1S/C15H15N5OS/c1-21-12-6-4-5-11(9-12)10-22-15-19-18-14(20(15)16)13-7-2-3-8-17-13/h2-9H,10,16H2,1H3. The minimum absolute atomic E-state index is 0.550. The molecule has 0 aliphatic heterocycles. The van der Waals surface area contributed by atoms with E-state index in [-0.39, 0.29) is 0 Å². The van der Waals surface area contributed by atoms with Gasteiger partial charge in [-0.3, -0.25) is 4.98 Å². The van der Waals surface area contributed by atoms with Crippen LogP contribution in [0.1, 0.15) is 5.56 Å². The molecule has 112 valence electrons. The van der Waals surface area contributed by atoms with Crippen LogP contribution in [0, 0.1) is 0 Å². The van der Waals surface area contributed by atoms with Crippen molar-refractivity contribution in [1.82, 2.24) is 19.9 Å². The predicted octanol–water partition coefficient (Wildman–Crippen LogP) is 2.35. The highest BCUT2D eigenvalue weighted by molar-refractivity contribution is 7.98. The van der Waals surface area contributed by atoms with Gasteiger partial charge in [-0.2, -0.15) is 0 Å². The van der Waals surface area contributed by atoms with E-state index in [2.05, 4.69) is 15.2 Å². The summed E-state index contributed by atoms with van der Waals surface area (Å²) < 4.78 is 6.68. The summed E-state index contributed by atoms with van der Waals surface area (Å²) in [6.07, 6.45) is 1.70. The normalized spacial score (nSPS) is 10.6. The molecular formula is C15H15N5OS. The zero-order chi connectivity index (χ0) is 15.4. The lowest BCUT2D eigenvalue weighted by molar-refractivity contribution is 0.414. The fourth-order valence-corrected chi connectivity index (χ4v) is 2.75. The molecule has 0 spiro atoms. The first-order valence-electron chi connectivity index (χ1n) is 6.65. The molecule has 0 atom stereocenters. The summed E-state index contributed by atoms with van der Waals surface area (Å²) in [7, 11) is 1.65. The molecule has 0 fully saturated rings. The third-order valence-electron chi connectivity index (χ3n) is 3.06. The van der Waals surface area contributed by atoms with Crippen molar-refractivity contribution in [2.75, 3.05) is 13.0 Å². The molecule has 22 heavy (non-hydrogen) atoms. The van der Waals surface area contributed by atoms with Crippen molar-refractivity contribution in [2.24, 2.45) is 0 Å². The summed E-state index contributed by atoms with van der Waals surface area (Å²) in [6, 6.07) is 13.5. The van der Waals surface area contributed by atoms with Crippen molar-refractivity contribution < 1.29 is 4.74 Å². The summed E-state index contributed by atoms with van der Waals surface area (Å²) in [4.78, 5) is 4.23. The summed E-state index contributed by atoms with van der Waals surface area (Å²) in [5.74, 6) is 8.18. The van der Waals surface area contributed by atoms with Crippen molar-refractivity contribution in [1.29, 1.82) is 0 Å². The second-order valence-electron chi connectivity index (χ2n) is 4.53. The lowest BCUT2D eigenvalue weighted by atomic mass is 10.2. The minimum Gasteiger partial charge on any atom is -0.497 e. The number of aromatic nitrogens is 4. The Bertz CT molecular complexity index is 760. The van der Waals surface area contributed by atoms with Gasteiger partial charge in [-0.05, 0) is 29.8 Å². The molecule has 3 aromatic rings. The Morgan fingerprint density at radius 2 is 2.09 bits per heavy atom. The highest BCUT2D eigenvalue weighted by atomic mass is 32.2. The van der Waals surface area contributed by atoms with E-state index in [1.807, 2.05) is 42.5 Å². The monoisotopic (exact) mass is 313 g/mol. The van der Waals surface area contributed by atoms with Gasteiger partial charge in [-0.1, -0.05) is 30.0 Å². The molecule has 2 heterocycles. The van der Waals surface area contributed by atoms with Gasteiger partial charge in [0.05, 0.1) is 7.11 Å². The first-order chi connectivity index (χ1) is 10.8. The van der Waals surface area contributed by atoms with Crippen molar-refractivity contribution in [3.8, 4) is 17.3 Å². The average Bonchev–Trinajstić information content (AvgIpc) is 2.95. The smallest absolute Gasteiger partial charge is 0.210 e. The first-order valence-corrected chi connectivity index (χ1v) is 7.64. The van der Waals surface area contributed by atoms with Gasteiger partial charge in [0.2, 0.25) is 11.0 Å². The van der Waals surface area contributed by atoms with E-state index in [9.17, 15) is 0 Å². The highest BCUT2D eigenvalue weighted by Crippen LogP contribution is 2.24. The van der Waals surface area contributed by atoms with Crippen LogP contribution in [0.3, 0.4) is 0 Å². The molecule has 1 aromatic carbocycles. The number of hydrogen-bond donors (Lipinski definition) is 1. The molecule has 0 radical (unpaired) electrons. The third-order valence-corrected chi connectivity index (χ3v) is 4.07. The number of thioether (sulfide) groups is 1. The molecule has 0 unspecified atom stereocenters. The number of rotatable bonds is 5. The Balaban J connectivity index is 1.75. The van der Waals surface area contributed by atoms with Gasteiger partial charge in [0.15, 0.2) is 0 Å². The number of nitrogen functional groups attached to an aromatic ring is 1. The number of hydrogen-bond acceptors (Lipinski definition) is 6. The molecule has 3 rings (SSSR count). The Labute approximate surface area is 132 Å². The van der Waals surface area contributed by atoms with Crippen LogP contribution >= 0.6 is 11.8 Å². The van der Waals surface area contributed by atoms with Crippen LogP contribution in [-0.4, -0.2) is 27.0 Å². The van der Waals surface area contributed by atoms with Crippen LogP contribution in [0.15, 0.2) is 53.8 Å². The highest BCUT2D eigenvalue weighted by Gasteiger charge is 2.13. The summed E-state index contributed by atoms with van der Waals surface area (Å²) in [5.41, 5.74) is 1.83. The first kappa shape index (κ1) is 14.4. The molecule has 0 aliphatic carbocycles. The van der Waals surface area contributed by atoms with E-state index in [1.54, 1.807) is 13.3 Å². The van der Waals surface area contributed by atoms with Gasteiger partial charge in [0.1, 0.15) is 11.4 Å². The minimum atomic E-state index is 0.550.